The van der Waals surface area contributed by atoms with Crippen LogP contribution in [0.4, 0.5) is 5.69 Å². The standard InChI is InChI=1S/C21H24ClN3O3/c1-5-28-15-11-9-14(10-12-15)23-18(26)13-24-17-8-6-7-16(22)19(17)20(27)25(24)21(2,3)4/h6-12H,5,13H2,1-4H3,(H,23,26). The Balaban J connectivity index is 1.94. The van der Waals surface area contributed by atoms with Gasteiger partial charge in [-0.25, -0.2) is 4.68 Å². The third kappa shape index (κ3) is 3.92. The van der Waals surface area contributed by atoms with Gasteiger partial charge in [0, 0.05) is 5.69 Å². The monoisotopic (exact) mass is 401 g/mol. The fourth-order valence-corrected chi connectivity index (χ4v) is 3.47. The molecule has 3 aromatic rings. The Hall–Kier alpha value is -2.73. The molecule has 0 fully saturated rings. The second-order valence-corrected chi connectivity index (χ2v) is 7.89. The number of hydrogen-bond acceptors (Lipinski definition) is 3. The van der Waals surface area contributed by atoms with Gasteiger partial charge in [-0.3, -0.25) is 14.3 Å². The van der Waals surface area contributed by atoms with Crippen LogP contribution < -0.4 is 15.6 Å². The van der Waals surface area contributed by atoms with Crippen LogP contribution in [0.2, 0.25) is 5.02 Å². The van der Waals surface area contributed by atoms with Crippen LogP contribution in [0.15, 0.2) is 47.3 Å². The van der Waals surface area contributed by atoms with Crippen LogP contribution in [0.5, 0.6) is 5.75 Å². The lowest BCUT2D eigenvalue weighted by molar-refractivity contribution is -0.117. The van der Waals surface area contributed by atoms with E-state index in [1.165, 1.54) is 0 Å². The van der Waals surface area contributed by atoms with Crippen molar-refractivity contribution in [2.24, 2.45) is 0 Å². The van der Waals surface area contributed by atoms with Crippen LogP contribution in [0.25, 0.3) is 10.9 Å². The number of carbonyl (C=O) groups is 1. The quantitative estimate of drug-likeness (QED) is 0.695. The molecule has 3 rings (SSSR count). The third-order valence-electron chi connectivity index (χ3n) is 4.30. The summed E-state index contributed by atoms with van der Waals surface area (Å²) in [6.45, 7) is 8.24. The van der Waals surface area contributed by atoms with Gasteiger partial charge in [0.25, 0.3) is 5.56 Å². The normalized spacial score (nSPS) is 11.6. The van der Waals surface area contributed by atoms with Crippen molar-refractivity contribution < 1.29 is 9.53 Å². The molecule has 28 heavy (non-hydrogen) atoms. The Kier molecular flexibility index (Phi) is 5.52. The van der Waals surface area contributed by atoms with Gasteiger partial charge in [-0.05, 0) is 64.1 Å². The van der Waals surface area contributed by atoms with Crippen LogP contribution in [0, 0.1) is 0 Å². The molecule has 0 aliphatic heterocycles. The Bertz CT molecular complexity index is 1060. The van der Waals surface area contributed by atoms with Crippen molar-refractivity contribution in [1.29, 1.82) is 0 Å². The number of amides is 1. The summed E-state index contributed by atoms with van der Waals surface area (Å²) in [5.74, 6) is 0.507. The molecule has 2 aromatic carbocycles. The van der Waals surface area contributed by atoms with Gasteiger partial charge < -0.3 is 10.1 Å². The lowest BCUT2D eigenvalue weighted by Gasteiger charge is -2.24. The van der Waals surface area contributed by atoms with Gasteiger partial charge in [0.05, 0.1) is 28.1 Å². The summed E-state index contributed by atoms with van der Waals surface area (Å²) in [5.41, 5.74) is 0.572. The number of nitrogens with zero attached hydrogens (tertiary/aromatic N) is 2. The number of rotatable bonds is 5. The first-order valence-electron chi connectivity index (χ1n) is 9.15. The Morgan fingerprint density at radius 2 is 1.82 bits per heavy atom. The summed E-state index contributed by atoms with van der Waals surface area (Å²) in [4.78, 5) is 25.7. The summed E-state index contributed by atoms with van der Waals surface area (Å²) in [6, 6.07) is 12.4. The molecule has 0 saturated carbocycles. The first-order chi connectivity index (χ1) is 13.2. The average Bonchev–Trinajstić information content (AvgIpc) is 2.90. The summed E-state index contributed by atoms with van der Waals surface area (Å²) < 4.78 is 8.68. The van der Waals surface area contributed by atoms with Crippen molar-refractivity contribution in [2.75, 3.05) is 11.9 Å². The SMILES string of the molecule is CCOc1ccc(NC(=O)Cn2c3cccc(Cl)c3c(=O)n2C(C)(C)C)cc1. The maximum atomic E-state index is 13.0. The molecule has 0 aliphatic carbocycles. The van der Waals surface area contributed by atoms with Crippen molar-refractivity contribution in [3.05, 3.63) is 57.8 Å². The minimum Gasteiger partial charge on any atom is -0.494 e. The van der Waals surface area contributed by atoms with E-state index in [4.69, 9.17) is 16.3 Å². The number of ether oxygens (including phenoxy) is 1. The molecule has 1 amide bonds. The fraction of sp³-hybridized carbons (Fsp3) is 0.333. The van der Waals surface area contributed by atoms with Crippen molar-refractivity contribution >= 4 is 34.1 Å². The van der Waals surface area contributed by atoms with Crippen LogP contribution in [-0.4, -0.2) is 21.9 Å². The second-order valence-electron chi connectivity index (χ2n) is 7.48. The van der Waals surface area contributed by atoms with E-state index >= 15 is 0 Å². The lowest BCUT2D eigenvalue weighted by atomic mass is 10.1. The van der Waals surface area contributed by atoms with Crippen molar-refractivity contribution in [3.8, 4) is 5.75 Å². The van der Waals surface area contributed by atoms with Crippen LogP contribution in [-0.2, 0) is 16.9 Å². The number of nitrogens with one attached hydrogen (secondary N) is 1. The van der Waals surface area contributed by atoms with Crippen molar-refractivity contribution in [1.82, 2.24) is 9.36 Å². The topological polar surface area (TPSA) is 65.3 Å². The molecular formula is C21H24ClN3O3. The van der Waals surface area contributed by atoms with E-state index in [9.17, 15) is 9.59 Å². The third-order valence-corrected chi connectivity index (χ3v) is 4.61. The molecule has 0 atom stereocenters. The van der Waals surface area contributed by atoms with Gasteiger partial charge in [-0.15, -0.1) is 0 Å². The molecule has 1 N–H and O–H groups in total. The molecule has 0 bridgehead atoms. The number of carbonyl (C=O) groups excluding carboxylic acids is 1. The molecule has 6 nitrogen and oxygen atoms in total. The first-order valence-corrected chi connectivity index (χ1v) is 9.53. The number of aromatic nitrogens is 2. The molecule has 0 unspecified atom stereocenters. The maximum absolute atomic E-state index is 13.0. The minimum atomic E-state index is -0.515. The van der Waals surface area contributed by atoms with Gasteiger partial charge in [-0.2, -0.15) is 0 Å². The zero-order valence-corrected chi connectivity index (χ0v) is 17.2. The van der Waals surface area contributed by atoms with E-state index in [1.54, 1.807) is 51.8 Å². The van der Waals surface area contributed by atoms with Crippen molar-refractivity contribution in [3.63, 3.8) is 0 Å². The van der Waals surface area contributed by atoms with Gasteiger partial charge in [0.1, 0.15) is 12.3 Å². The Labute approximate surface area is 168 Å². The Morgan fingerprint density at radius 3 is 2.43 bits per heavy atom. The summed E-state index contributed by atoms with van der Waals surface area (Å²) in [6.07, 6.45) is 0. The molecule has 1 heterocycles. The van der Waals surface area contributed by atoms with E-state index in [0.29, 0.717) is 28.2 Å². The molecule has 148 valence electrons. The zero-order chi connectivity index (χ0) is 20.5. The molecule has 0 spiro atoms. The lowest BCUT2D eigenvalue weighted by Crippen LogP contribution is -2.38. The highest BCUT2D eigenvalue weighted by molar-refractivity contribution is 6.35. The number of anilines is 1. The largest absolute Gasteiger partial charge is 0.494 e. The number of fused-ring (bicyclic) bond motifs is 1. The van der Waals surface area contributed by atoms with Gasteiger partial charge >= 0.3 is 0 Å². The van der Waals surface area contributed by atoms with E-state index in [0.717, 1.165) is 5.75 Å². The molecule has 0 aliphatic rings. The predicted molar refractivity (Wildman–Crippen MR) is 112 cm³/mol. The predicted octanol–water partition coefficient (Wildman–Crippen LogP) is 4.25. The smallest absolute Gasteiger partial charge is 0.276 e. The second kappa shape index (κ2) is 7.72. The highest BCUT2D eigenvalue weighted by atomic mass is 35.5. The van der Waals surface area contributed by atoms with Gasteiger partial charge in [0.15, 0.2) is 0 Å². The fourth-order valence-electron chi connectivity index (χ4n) is 3.22. The van der Waals surface area contributed by atoms with E-state index < -0.39 is 5.54 Å². The van der Waals surface area contributed by atoms with Crippen LogP contribution in [0.1, 0.15) is 27.7 Å². The molecule has 1 aromatic heterocycles. The van der Waals surface area contributed by atoms with Crippen LogP contribution in [0.3, 0.4) is 0 Å². The molecule has 0 saturated heterocycles. The minimum absolute atomic E-state index is 0.0104. The van der Waals surface area contributed by atoms with E-state index in [-0.39, 0.29) is 18.0 Å². The van der Waals surface area contributed by atoms with Gasteiger partial charge in [-0.1, -0.05) is 17.7 Å². The summed E-state index contributed by atoms with van der Waals surface area (Å²) >= 11 is 6.27. The van der Waals surface area contributed by atoms with E-state index in [1.807, 2.05) is 27.7 Å². The average molecular weight is 402 g/mol. The molecule has 7 heteroatoms. The van der Waals surface area contributed by atoms with Gasteiger partial charge in [0.2, 0.25) is 5.91 Å². The summed E-state index contributed by atoms with van der Waals surface area (Å²) in [7, 11) is 0. The summed E-state index contributed by atoms with van der Waals surface area (Å²) in [5, 5.41) is 3.67. The molecular weight excluding hydrogens is 378 g/mol. The van der Waals surface area contributed by atoms with E-state index in [2.05, 4.69) is 5.32 Å². The number of halogens is 1. The zero-order valence-electron chi connectivity index (χ0n) is 16.5. The number of hydrogen-bond donors (Lipinski definition) is 1. The van der Waals surface area contributed by atoms with Crippen molar-refractivity contribution in [2.45, 2.75) is 39.8 Å². The molecule has 0 radical (unpaired) electrons. The maximum Gasteiger partial charge on any atom is 0.276 e. The van der Waals surface area contributed by atoms with Crippen LogP contribution >= 0.6 is 11.6 Å². The highest BCUT2D eigenvalue weighted by Crippen LogP contribution is 2.24. The number of benzene rings is 2. The highest BCUT2D eigenvalue weighted by Gasteiger charge is 2.25. The first kappa shape index (κ1) is 20.0. The Morgan fingerprint density at radius 1 is 1.14 bits per heavy atom.